The zero-order chi connectivity index (χ0) is 43.2. The number of benzene rings is 4. The number of para-hydroxylation sites is 2. The van der Waals surface area contributed by atoms with E-state index in [1.165, 1.54) is 39.1 Å². The van der Waals surface area contributed by atoms with E-state index in [-0.39, 0.29) is 6.04 Å². The molecular weight excluding hydrogens is 737 g/mol. The Morgan fingerprint density at radius 3 is 2.08 bits per heavy atom. The fourth-order valence-corrected chi connectivity index (χ4v) is 7.37. The van der Waals surface area contributed by atoms with Gasteiger partial charge in [-0.15, -0.1) is 0 Å². The van der Waals surface area contributed by atoms with E-state index in [1.807, 2.05) is 24.3 Å². The molecule has 0 aliphatic heterocycles. The van der Waals surface area contributed by atoms with Crippen LogP contribution < -0.4 is 9.80 Å². The van der Waals surface area contributed by atoms with Crippen molar-refractivity contribution in [2.24, 2.45) is 0 Å². The van der Waals surface area contributed by atoms with Crippen LogP contribution in [0.1, 0.15) is 70.1 Å². The maximum absolute atomic E-state index is 4.30. The lowest BCUT2D eigenvalue weighted by Crippen LogP contribution is -2.27. The molecule has 61 heavy (non-hydrogen) atoms. The van der Waals surface area contributed by atoms with Gasteiger partial charge in [0.1, 0.15) is 0 Å². The minimum atomic E-state index is 0.237. The minimum Gasteiger partial charge on any atom is -0.345 e. The zero-order valence-corrected chi connectivity index (χ0v) is 36.6. The first kappa shape index (κ1) is 45.2. The molecule has 4 aromatic carbocycles. The predicted octanol–water partition coefficient (Wildman–Crippen LogP) is 16.7. The predicted molar refractivity (Wildman–Crippen MR) is 271 cm³/mol. The van der Waals surface area contributed by atoms with Crippen LogP contribution in [0.3, 0.4) is 0 Å². The lowest BCUT2D eigenvalue weighted by atomic mass is 9.88. The molecule has 0 aromatic heterocycles. The number of hydrogen-bond acceptors (Lipinski definition) is 2. The molecule has 0 radical (unpaired) electrons. The molecule has 1 unspecified atom stereocenters. The van der Waals surface area contributed by atoms with Crippen LogP contribution in [-0.4, -0.2) is 6.04 Å². The van der Waals surface area contributed by atoms with Gasteiger partial charge in [-0.3, -0.25) is 0 Å². The van der Waals surface area contributed by atoms with Gasteiger partial charge in [0.2, 0.25) is 0 Å². The topological polar surface area (TPSA) is 6.48 Å². The molecule has 2 nitrogen and oxygen atoms in total. The van der Waals surface area contributed by atoms with Crippen molar-refractivity contribution in [2.45, 2.75) is 59.4 Å². The minimum absolute atomic E-state index is 0.237. The van der Waals surface area contributed by atoms with Crippen molar-refractivity contribution in [1.29, 1.82) is 0 Å². The van der Waals surface area contributed by atoms with Gasteiger partial charge in [-0.05, 0) is 135 Å². The molecule has 0 saturated heterocycles. The summed E-state index contributed by atoms with van der Waals surface area (Å²) in [4.78, 5) is 4.69. The second-order valence-electron chi connectivity index (χ2n) is 15.0. The van der Waals surface area contributed by atoms with Crippen LogP contribution in [0.5, 0.6) is 0 Å². The summed E-state index contributed by atoms with van der Waals surface area (Å²) in [5.41, 5.74) is 14.1. The van der Waals surface area contributed by atoms with Crippen molar-refractivity contribution in [2.75, 3.05) is 9.80 Å². The number of hydrogen-bond donors (Lipinski definition) is 0. The van der Waals surface area contributed by atoms with Gasteiger partial charge in [-0.2, -0.15) is 0 Å². The molecule has 1 aliphatic carbocycles. The largest absolute Gasteiger partial charge is 0.345 e. The van der Waals surface area contributed by atoms with Crippen molar-refractivity contribution in [1.82, 2.24) is 0 Å². The van der Waals surface area contributed by atoms with Crippen LogP contribution in [0.2, 0.25) is 0 Å². The highest BCUT2D eigenvalue weighted by molar-refractivity contribution is 5.85. The fourth-order valence-electron chi connectivity index (χ4n) is 7.37. The molecule has 0 bridgehead atoms. The summed E-state index contributed by atoms with van der Waals surface area (Å²) < 4.78 is 0. The van der Waals surface area contributed by atoms with E-state index in [2.05, 4.69) is 239 Å². The lowest BCUT2D eigenvalue weighted by Gasteiger charge is -2.30. The first-order valence-corrected chi connectivity index (χ1v) is 21.4. The van der Waals surface area contributed by atoms with Crippen molar-refractivity contribution >= 4 is 34.3 Å². The summed E-state index contributed by atoms with van der Waals surface area (Å²) in [5.74, 6) is 0. The number of nitrogens with zero attached hydrogens (tertiary/aromatic N) is 2. The number of rotatable bonds is 20. The van der Waals surface area contributed by atoms with E-state index in [9.17, 15) is 0 Å². The molecule has 1 aliphatic rings. The highest BCUT2D eigenvalue weighted by atomic mass is 15.2. The van der Waals surface area contributed by atoms with Gasteiger partial charge in [-0.1, -0.05) is 183 Å². The quantitative estimate of drug-likeness (QED) is 0.0649. The second kappa shape index (κ2) is 24.2. The van der Waals surface area contributed by atoms with Gasteiger partial charge in [0.25, 0.3) is 0 Å². The monoisotopic (exact) mass is 798 g/mol. The Bertz CT molecular complexity index is 2380. The molecule has 0 fully saturated rings. The molecule has 0 saturated carbocycles. The summed E-state index contributed by atoms with van der Waals surface area (Å²) in [6.45, 7) is 20.9. The average molecular weight is 799 g/mol. The summed E-state index contributed by atoms with van der Waals surface area (Å²) >= 11 is 0. The molecule has 1 atom stereocenters. The van der Waals surface area contributed by atoms with E-state index in [4.69, 9.17) is 0 Å². The Hall–Kier alpha value is -6.90. The Balaban J connectivity index is 1.47. The maximum Gasteiger partial charge on any atom is 0.0536 e. The van der Waals surface area contributed by atoms with Gasteiger partial charge in [-0.25, -0.2) is 0 Å². The van der Waals surface area contributed by atoms with Crippen LogP contribution in [0, 0.1) is 0 Å². The van der Waals surface area contributed by atoms with Gasteiger partial charge < -0.3 is 9.80 Å². The molecule has 0 N–H and O–H groups in total. The van der Waals surface area contributed by atoms with Gasteiger partial charge in [0.05, 0.1) is 5.69 Å². The molecule has 2 heteroatoms. The van der Waals surface area contributed by atoms with Crippen molar-refractivity contribution in [3.8, 4) is 0 Å². The van der Waals surface area contributed by atoms with Crippen LogP contribution in [0.4, 0.5) is 17.1 Å². The first-order valence-electron chi connectivity index (χ1n) is 21.4. The Labute approximate surface area is 367 Å². The number of allylic oxidation sites excluding steroid dienone is 19. The molecule has 0 amide bonds. The second-order valence-corrected chi connectivity index (χ2v) is 15.0. The molecule has 0 heterocycles. The molecule has 0 spiro atoms. The smallest absolute Gasteiger partial charge is 0.0536 e. The van der Waals surface area contributed by atoms with Crippen molar-refractivity contribution in [3.63, 3.8) is 0 Å². The zero-order valence-electron chi connectivity index (χ0n) is 36.6. The van der Waals surface area contributed by atoms with Gasteiger partial charge in [0.15, 0.2) is 0 Å². The first-order chi connectivity index (χ1) is 29.9. The number of anilines is 3. The molecule has 5 rings (SSSR count). The van der Waals surface area contributed by atoms with E-state index < -0.39 is 0 Å². The normalized spacial score (nSPS) is 14.7. The summed E-state index contributed by atoms with van der Waals surface area (Å²) in [5, 5.41) is 0. The van der Waals surface area contributed by atoms with E-state index in [1.54, 1.807) is 6.08 Å². The van der Waals surface area contributed by atoms with E-state index >= 15 is 0 Å². The van der Waals surface area contributed by atoms with Crippen molar-refractivity contribution in [3.05, 3.63) is 265 Å². The SMILES string of the molecule is C=C/C=C(\C=C)c1ccc(N(/C(C=C)=C/C=C(\C)C/C=C\C)c2ccccc2C2=CC=C(C(/C=C\C)=C/CC(C)N(/C=C/C=C\c3ccccc3)c3ccccc3)CC2)cc1. The highest BCUT2D eigenvalue weighted by Crippen LogP contribution is 2.40. The molecule has 308 valence electrons. The highest BCUT2D eigenvalue weighted by Gasteiger charge is 2.20. The Kier molecular flexibility index (Phi) is 18.0. The van der Waals surface area contributed by atoms with Crippen LogP contribution in [0.15, 0.2) is 249 Å². The van der Waals surface area contributed by atoms with Crippen LogP contribution >= 0.6 is 0 Å². The Morgan fingerprint density at radius 2 is 1.43 bits per heavy atom. The fraction of sp³-hybridized carbons (Fsp3) is 0.153. The average Bonchev–Trinajstić information content (AvgIpc) is 3.31. The molecular formula is C59H62N2. The third-order valence-corrected chi connectivity index (χ3v) is 10.7. The summed E-state index contributed by atoms with van der Waals surface area (Å²) in [6.07, 6.45) is 40.0. The van der Waals surface area contributed by atoms with Crippen LogP contribution in [0.25, 0.3) is 17.2 Å². The summed E-state index contributed by atoms with van der Waals surface area (Å²) in [7, 11) is 0. The van der Waals surface area contributed by atoms with E-state index in [0.29, 0.717) is 0 Å². The summed E-state index contributed by atoms with van der Waals surface area (Å²) in [6, 6.07) is 38.7. The van der Waals surface area contributed by atoms with Gasteiger partial charge in [0, 0.05) is 34.9 Å². The van der Waals surface area contributed by atoms with Crippen molar-refractivity contribution < 1.29 is 0 Å². The Morgan fingerprint density at radius 1 is 0.705 bits per heavy atom. The van der Waals surface area contributed by atoms with Gasteiger partial charge >= 0.3 is 0 Å². The standard InChI is InChI=1S/C59H62N2/c1-8-13-26-47(6)34-43-55(12-5)61(57-44-41-52(42-45-57)50(11-4)24-9-2)59-33-21-20-32-58(59)54-39-37-53(38-40-54)51(25-10-3)36-35-48(7)60(56-30-18-15-19-31-56)46-23-22-29-49-27-16-14-17-28-49/h8-25,27-34,36-37,39,41-46,48H,2,4-5,26,35,38,40H2,1,3,6-7H3/b13-8-,25-10-,29-22-,46-23+,47-34+,50-24+,51-36+,55-43+. The lowest BCUT2D eigenvalue weighted by molar-refractivity contribution is 0.717. The third kappa shape index (κ3) is 13.0. The van der Waals surface area contributed by atoms with E-state index in [0.717, 1.165) is 53.9 Å². The van der Waals surface area contributed by atoms with Crippen LogP contribution in [-0.2, 0) is 0 Å². The molecule has 4 aromatic rings. The third-order valence-electron chi connectivity index (χ3n) is 10.7. The maximum atomic E-state index is 4.30.